The number of tetrazole rings is 1. The van der Waals surface area contributed by atoms with Crippen molar-refractivity contribution in [2.45, 2.75) is 40.0 Å². The third-order valence-electron chi connectivity index (χ3n) is 4.62. The van der Waals surface area contributed by atoms with Crippen molar-refractivity contribution in [1.82, 2.24) is 24.7 Å². The molecule has 8 heteroatoms. The second-order valence-electron chi connectivity index (χ2n) is 7.56. The molecule has 7 nitrogen and oxygen atoms in total. The van der Waals surface area contributed by atoms with Gasteiger partial charge in [0.15, 0.2) is 0 Å². The van der Waals surface area contributed by atoms with E-state index >= 15 is 0 Å². The molecule has 0 amide bonds. The zero-order valence-electron chi connectivity index (χ0n) is 17.0. The van der Waals surface area contributed by atoms with Crippen molar-refractivity contribution >= 4 is 13.3 Å². The average Bonchev–Trinajstić information content (AvgIpc) is 2.90. The quantitative estimate of drug-likeness (QED) is 0.663. The number of benzene rings is 1. The summed E-state index contributed by atoms with van der Waals surface area (Å²) < 4.78 is 8.59. The largest absolute Gasteiger partial charge is 0.490 e. The fraction of sp³-hybridized carbons (Fsp3) is 0.611. The van der Waals surface area contributed by atoms with Crippen LogP contribution in [0, 0.1) is 0 Å². The van der Waals surface area contributed by atoms with Gasteiger partial charge in [-0.15, -0.1) is 0 Å². The highest BCUT2D eigenvalue weighted by molar-refractivity contribution is 6.33. The Balaban J connectivity index is 2.44. The summed E-state index contributed by atoms with van der Waals surface area (Å²) in [5.74, 6) is 0.658. The fourth-order valence-electron chi connectivity index (χ4n) is 3.05. The van der Waals surface area contributed by atoms with E-state index < -0.39 is 0 Å². The van der Waals surface area contributed by atoms with Crippen molar-refractivity contribution in [1.29, 1.82) is 0 Å². The Morgan fingerprint density at radius 2 is 1.85 bits per heavy atom. The minimum Gasteiger partial charge on any atom is -0.490 e. The maximum absolute atomic E-state index is 12.4. The molecule has 1 heterocycles. The number of aryl methyl sites for hydroxylation is 1. The van der Waals surface area contributed by atoms with E-state index in [0.717, 1.165) is 30.7 Å². The first-order valence-electron chi connectivity index (χ1n) is 9.18. The van der Waals surface area contributed by atoms with Gasteiger partial charge in [-0.2, -0.15) is 9.36 Å². The van der Waals surface area contributed by atoms with Crippen LogP contribution in [-0.2, 0) is 12.5 Å². The Bertz CT molecular complexity index is 803. The summed E-state index contributed by atoms with van der Waals surface area (Å²) in [6.07, 6.45) is 0. The van der Waals surface area contributed by atoms with Crippen LogP contribution in [0.2, 0.25) is 0 Å². The summed E-state index contributed by atoms with van der Waals surface area (Å²) >= 11 is 0. The van der Waals surface area contributed by atoms with Crippen LogP contribution >= 0.6 is 0 Å². The molecule has 0 N–H and O–H groups in total. The minimum absolute atomic E-state index is 0.0512. The first-order chi connectivity index (χ1) is 12.2. The SMILES string of the molecule is Bc1cc(OCCN(CC)CC)c(-n2nnn(C)c2=O)cc1C(C)(C)C. The third kappa shape index (κ3) is 4.36. The lowest BCUT2D eigenvalue weighted by molar-refractivity contribution is 0.222. The molecule has 0 bridgehead atoms. The molecule has 1 aromatic carbocycles. The molecule has 0 aliphatic carbocycles. The van der Waals surface area contributed by atoms with E-state index in [1.165, 1.54) is 9.36 Å². The Labute approximate surface area is 156 Å². The smallest absolute Gasteiger partial charge is 0.368 e. The molecule has 26 heavy (non-hydrogen) atoms. The molecular weight excluding hydrogens is 329 g/mol. The van der Waals surface area contributed by atoms with Crippen molar-refractivity contribution < 1.29 is 4.74 Å². The molecular formula is C18H30BN5O2. The number of hydrogen-bond acceptors (Lipinski definition) is 5. The standard InChI is InChI=1S/C18H30BN5O2/c1-7-23(8-2)9-10-26-16-12-14(19)13(18(3,4)5)11-15(16)24-17(25)22(6)20-21-24/h11-12H,7-10,19H2,1-6H3. The highest BCUT2D eigenvalue weighted by atomic mass is 16.5. The molecule has 0 spiro atoms. The second kappa shape index (κ2) is 8.08. The highest BCUT2D eigenvalue weighted by Gasteiger charge is 2.21. The van der Waals surface area contributed by atoms with E-state index in [0.29, 0.717) is 18.0 Å². The summed E-state index contributed by atoms with van der Waals surface area (Å²) in [6.45, 7) is 14.1. The summed E-state index contributed by atoms with van der Waals surface area (Å²) in [6, 6.07) is 4.00. The minimum atomic E-state index is -0.290. The summed E-state index contributed by atoms with van der Waals surface area (Å²) in [4.78, 5) is 14.7. The van der Waals surface area contributed by atoms with Gasteiger partial charge in [0.1, 0.15) is 25.9 Å². The van der Waals surface area contributed by atoms with Gasteiger partial charge in [0, 0.05) is 13.6 Å². The Kier molecular flexibility index (Phi) is 6.28. The lowest BCUT2D eigenvalue weighted by Gasteiger charge is -2.24. The van der Waals surface area contributed by atoms with E-state index in [4.69, 9.17) is 4.74 Å². The van der Waals surface area contributed by atoms with Gasteiger partial charge in [-0.25, -0.2) is 4.79 Å². The van der Waals surface area contributed by atoms with Crippen molar-refractivity contribution in [3.63, 3.8) is 0 Å². The van der Waals surface area contributed by atoms with E-state index in [9.17, 15) is 4.79 Å². The third-order valence-corrected chi connectivity index (χ3v) is 4.62. The van der Waals surface area contributed by atoms with Gasteiger partial charge in [0.2, 0.25) is 0 Å². The van der Waals surface area contributed by atoms with Crippen LogP contribution in [0.5, 0.6) is 5.75 Å². The van der Waals surface area contributed by atoms with Crippen LogP contribution in [0.4, 0.5) is 0 Å². The van der Waals surface area contributed by atoms with E-state index in [-0.39, 0.29) is 11.1 Å². The lowest BCUT2D eigenvalue weighted by Crippen LogP contribution is -2.29. The topological polar surface area (TPSA) is 65.2 Å². The van der Waals surface area contributed by atoms with Crippen LogP contribution in [-0.4, -0.2) is 58.8 Å². The van der Waals surface area contributed by atoms with Crippen LogP contribution < -0.4 is 15.9 Å². The summed E-state index contributed by atoms with van der Waals surface area (Å²) in [5, 5.41) is 7.84. The molecule has 0 radical (unpaired) electrons. The number of likely N-dealkylation sites (N-methyl/N-ethyl adjacent to an activating group) is 1. The molecule has 0 fully saturated rings. The fourth-order valence-corrected chi connectivity index (χ4v) is 3.05. The first kappa shape index (κ1) is 20.2. The van der Waals surface area contributed by atoms with Crippen molar-refractivity contribution in [3.05, 3.63) is 28.2 Å². The van der Waals surface area contributed by atoms with Gasteiger partial charge in [0.05, 0.1) is 0 Å². The molecule has 142 valence electrons. The predicted octanol–water partition coefficient (Wildman–Crippen LogP) is 0.243. The molecule has 2 rings (SSSR count). The molecule has 0 unspecified atom stereocenters. The Hall–Kier alpha value is -2.09. The molecule has 1 aromatic heterocycles. The monoisotopic (exact) mass is 359 g/mol. The van der Waals surface area contributed by atoms with Gasteiger partial charge < -0.3 is 9.64 Å². The second-order valence-corrected chi connectivity index (χ2v) is 7.56. The van der Waals surface area contributed by atoms with Crippen molar-refractivity contribution in [2.24, 2.45) is 7.05 Å². The van der Waals surface area contributed by atoms with Gasteiger partial charge in [0.25, 0.3) is 0 Å². The summed E-state index contributed by atoms with van der Waals surface area (Å²) in [5.41, 5.74) is 2.59. The van der Waals surface area contributed by atoms with E-state index in [2.05, 4.69) is 57.8 Å². The van der Waals surface area contributed by atoms with E-state index in [1.807, 2.05) is 12.1 Å². The number of aromatic nitrogens is 4. The molecule has 0 aliphatic rings. The van der Waals surface area contributed by atoms with Crippen LogP contribution in [0.1, 0.15) is 40.2 Å². The number of nitrogens with zero attached hydrogens (tertiary/aromatic N) is 5. The maximum atomic E-state index is 12.4. The van der Waals surface area contributed by atoms with E-state index in [1.54, 1.807) is 7.05 Å². The molecule has 0 saturated carbocycles. The maximum Gasteiger partial charge on any atom is 0.368 e. The van der Waals surface area contributed by atoms with Crippen LogP contribution in [0.15, 0.2) is 16.9 Å². The summed E-state index contributed by atoms with van der Waals surface area (Å²) in [7, 11) is 3.66. The van der Waals surface area contributed by atoms with Gasteiger partial charge in [-0.1, -0.05) is 40.1 Å². The van der Waals surface area contributed by atoms with Gasteiger partial charge >= 0.3 is 5.69 Å². The molecule has 2 aromatic rings. The molecule has 0 saturated heterocycles. The van der Waals surface area contributed by atoms with Gasteiger partial charge in [-0.05, 0) is 46.6 Å². The average molecular weight is 359 g/mol. The highest BCUT2D eigenvalue weighted by Crippen LogP contribution is 2.28. The Morgan fingerprint density at radius 1 is 1.19 bits per heavy atom. The van der Waals surface area contributed by atoms with Crippen molar-refractivity contribution in [2.75, 3.05) is 26.2 Å². The first-order valence-corrected chi connectivity index (χ1v) is 9.18. The number of ether oxygens (including phenoxy) is 1. The lowest BCUT2D eigenvalue weighted by atomic mass is 9.77. The van der Waals surface area contributed by atoms with Crippen molar-refractivity contribution in [3.8, 4) is 11.4 Å². The van der Waals surface area contributed by atoms with Crippen LogP contribution in [0.3, 0.4) is 0 Å². The Morgan fingerprint density at radius 3 is 2.35 bits per heavy atom. The number of rotatable bonds is 7. The normalized spacial score (nSPS) is 12.0. The zero-order chi connectivity index (χ0) is 19.5. The molecule has 0 atom stereocenters. The number of hydrogen-bond donors (Lipinski definition) is 0. The molecule has 0 aliphatic heterocycles. The predicted molar refractivity (Wildman–Crippen MR) is 107 cm³/mol. The zero-order valence-corrected chi connectivity index (χ0v) is 17.0. The van der Waals surface area contributed by atoms with Gasteiger partial charge in [-0.3, -0.25) is 0 Å². The van der Waals surface area contributed by atoms with Crippen LogP contribution in [0.25, 0.3) is 5.69 Å².